The fourth-order valence-corrected chi connectivity index (χ4v) is 4.57. The van der Waals surface area contributed by atoms with Gasteiger partial charge in [-0.1, -0.05) is 6.07 Å². The number of amides is 1. The number of carbonyl (C=O) groups is 1. The van der Waals surface area contributed by atoms with Crippen LogP contribution in [0.1, 0.15) is 10.4 Å². The van der Waals surface area contributed by atoms with E-state index in [9.17, 15) is 13.2 Å². The molecule has 1 amide bonds. The van der Waals surface area contributed by atoms with Crippen LogP contribution in [-0.2, 0) is 9.84 Å². The Labute approximate surface area is 151 Å². The number of nitrogens with one attached hydrogen (secondary N) is 1. The average Bonchev–Trinajstić information content (AvgIpc) is 2.90. The minimum atomic E-state index is -3.72. The number of sulfone groups is 1. The van der Waals surface area contributed by atoms with E-state index in [1.54, 1.807) is 12.1 Å². The number of thiophene rings is 1. The van der Waals surface area contributed by atoms with Crippen molar-refractivity contribution >= 4 is 79.9 Å². The molecule has 21 heavy (non-hydrogen) atoms. The first-order valence-corrected chi connectivity index (χ1v) is 10.2. The van der Waals surface area contributed by atoms with Gasteiger partial charge in [0.1, 0.15) is 0 Å². The lowest BCUT2D eigenvalue weighted by Gasteiger charge is -2.14. The van der Waals surface area contributed by atoms with Crippen LogP contribution in [-0.4, -0.2) is 15.8 Å². The number of halogens is 3. The highest BCUT2D eigenvalue weighted by Crippen LogP contribution is 2.43. The molecule has 0 spiro atoms. The summed E-state index contributed by atoms with van der Waals surface area (Å²) >= 11 is 10.4. The van der Waals surface area contributed by atoms with Crippen LogP contribution in [0.4, 0.5) is 5.00 Å². The molecule has 0 aliphatic heterocycles. The molecule has 1 N–H and O–H groups in total. The lowest BCUT2D eigenvalue weighted by atomic mass is 10.2. The summed E-state index contributed by atoms with van der Waals surface area (Å²) in [5.41, 5.74) is 0.265. The van der Waals surface area contributed by atoms with Gasteiger partial charge in [0.15, 0.2) is 0 Å². The third-order valence-electron chi connectivity index (χ3n) is 2.47. The fourth-order valence-electron chi connectivity index (χ4n) is 1.47. The van der Waals surface area contributed by atoms with Crippen LogP contribution >= 0.6 is 59.1 Å². The topological polar surface area (TPSA) is 63.2 Å². The lowest BCUT2D eigenvalue weighted by molar-refractivity contribution is 0.102. The molecular formula is C12H8Br3NO3S2. The molecule has 2 rings (SSSR count). The van der Waals surface area contributed by atoms with Crippen molar-refractivity contribution in [3.05, 3.63) is 47.3 Å². The maximum absolute atomic E-state index is 12.3. The predicted octanol–water partition coefficient (Wildman–Crippen LogP) is 4.57. The smallest absolute Gasteiger partial charge is 0.256 e. The number of anilines is 1. The van der Waals surface area contributed by atoms with Crippen molar-refractivity contribution in [1.29, 1.82) is 0 Å². The molecule has 0 aliphatic rings. The number of benzene rings is 1. The molecule has 0 unspecified atom stereocenters. The van der Waals surface area contributed by atoms with Crippen molar-refractivity contribution < 1.29 is 13.2 Å². The van der Waals surface area contributed by atoms with Gasteiger partial charge in [-0.25, -0.2) is 8.42 Å². The molecular weight excluding hydrogens is 510 g/mol. The summed E-state index contributed by atoms with van der Waals surface area (Å²) in [6, 6.07) is 9.42. The van der Waals surface area contributed by atoms with Gasteiger partial charge in [0.2, 0.25) is 11.3 Å². The fraction of sp³-hybridized carbons (Fsp3) is 0.0833. The minimum absolute atomic E-state index is 0.0203. The van der Waals surface area contributed by atoms with Crippen molar-refractivity contribution in [2.75, 3.05) is 5.32 Å². The van der Waals surface area contributed by atoms with Gasteiger partial charge in [-0.3, -0.25) is 4.79 Å². The van der Waals surface area contributed by atoms with E-state index in [0.29, 0.717) is 5.00 Å². The van der Waals surface area contributed by atoms with Crippen molar-refractivity contribution in [2.24, 2.45) is 0 Å². The van der Waals surface area contributed by atoms with Crippen molar-refractivity contribution in [2.45, 2.75) is 6.37 Å². The second kappa shape index (κ2) is 6.49. The van der Waals surface area contributed by atoms with Crippen LogP contribution in [0.2, 0.25) is 0 Å². The molecule has 1 aromatic carbocycles. The summed E-state index contributed by atoms with van der Waals surface area (Å²) in [6.45, 7) is 0. The van der Waals surface area contributed by atoms with E-state index in [2.05, 4.69) is 53.1 Å². The van der Waals surface area contributed by atoms with Crippen LogP contribution in [0.3, 0.4) is 0 Å². The van der Waals surface area contributed by atoms with E-state index in [1.807, 2.05) is 11.4 Å². The predicted molar refractivity (Wildman–Crippen MR) is 95.4 cm³/mol. The second-order valence-corrected chi connectivity index (χ2v) is 15.3. The van der Waals surface area contributed by atoms with E-state index < -0.39 is 11.3 Å². The summed E-state index contributed by atoms with van der Waals surface area (Å²) in [4.78, 5) is 12.1. The number of hydrogen-bond donors (Lipinski definition) is 1. The SMILES string of the molecule is O=C(Nc1cccs1)c1cccc(S(=O)(=O)C(Br)(Br)Br)c1. The van der Waals surface area contributed by atoms with Crippen molar-refractivity contribution in [3.63, 3.8) is 0 Å². The van der Waals surface area contributed by atoms with E-state index in [4.69, 9.17) is 0 Å². The Morgan fingerprint density at radius 3 is 2.43 bits per heavy atom. The first kappa shape index (κ1) is 17.1. The highest BCUT2D eigenvalue weighted by molar-refractivity contribution is 9.42. The summed E-state index contributed by atoms with van der Waals surface area (Å²) in [6.07, 6.45) is 0. The molecule has 4 nitrogen and oxygen atoms in total. The van der Waals surface area contributed by atoms with Crippen LogP contribution in [0.25, 0.3) is 0 Å². The van der Waals surface area contributed by atoms with Crippen molar-refractivity contribution in [1.82, 2.24) is 0 Å². The highest BCUT2D eigenvalue weighted by atomic mass is 80.0. The Hall–Kier alpha value is -0.220. The Morgan fingerprint density at radius 2 is 1.86 bits per heavy atom. The van der Waals surface area contributed by atoms with Crippen molar-refractivity contribution in [3.8, 4) is 0 Å². The zero-order valence-corrected chi connectivity index (χ0v) is 16.6. The van der Waals surface area contributed by atoms with Gasteiger partial charge in [-0.05, 0) is 83.5 Å². The first-order chi connectivity index (χ1) is 9.72. The second-order valence-electron chi connectivity index (χ2n) is 3.91. The Kier molecular flexibility index (Phi) is 5.30. The molecule has 0 radical (unpaired) electrons. The third-order valence-corrected chi connectivity index (χ3v) is 8.57. The normalized spacial score (nSPS) is 12.1. The summed E-state index contributed by atoms with van der Waals surface area (Å²) in [5.74, 6) is -0.362. The molecule has 0 saturated carbocycles. The van der Waals surface area contributed by atoms with Crippen LogP contribution in [0.5, 0.6) is 0 Å². The highest BCUT2D eigenvalue weighted by Gasteiger charge is 2.37. The Balaban J connectivity index is 2.32. The molecule has 112 valence electrons. The van der Waals surface area contributed by atoms with E-state index >= 15 is 0 Å². The third kappa shape index (κ3) is 3.95. The van der Waals surface area contributed by atoms with Gasteiger partial charge >= 0.3 is 0 Å². The van der Waals surface area contributed by atoms with Crippen LogP contribution in [0, 0.1) is 0 Å². The van der Waals surface area contributed by atoms with Gasteiger partial charge in [0.05, 0.1) is 9.90 Å². The molecule has 0 aliphatic carbocycles. The number of rotatable bonds is 3. The van der Waals surface area contributed by atoms with Crippen LogP contribution < -0.4 is 5.32 Å². The maximum atomic E-state index is 12.3. The monoisotopic (exact) mass is 515 g/mol. The molecule has 0 atom stereocenters. The molecule has 1 aromatic heterocycles. The zero-order chi connectivity index (χ0) is 15.7. The van der Waals surface area contributed by atoms with Gasteiger partial charge < -0.3 is 5.32 Å². The summed E-state index contributed by atoms with van der Waals surface area (Å²) in [5, 5.41) is 5.24. The van der Waals surface area contributed by atoms with Gasteiger partial charge in [0, 0.05) is 5.56 Å². The van der Waals surface area contributed by atoms with Crippen LogP contribution in [0.15, 0.2) is 46.7 Å². The molecule has 1 heterocycles. The molecule has 0 bridgehead atoms. The van der Waals surface area contributed by atoms with E-state index in [-0.39, 0.29) is 16.4 Å². The molecule has 2 aromatic rings. The largest absolute Gasteiger partial charge is 0.314 e. The minimum Gasteiger partial charge on any atom is -0.314 e. The first-order valence-electron chi connectivity index (χ1n) is 5.48. The Bertz CT molecular complexity index is 752. The molecule has 0 saturated heterocycles. The number of hydrogen-bond acceptors (Lipinski definition) is 4. The molecule has 0 fully saturated rings. The van der Waals surface area contributed by atoms with Gasteiger partial charge in [0.25, 0.3) is 5.91 Å². The van der Waals surface area contributed by atoms with Gasteiger partial charge in [-0.15, -0.1) is 11.3 Å². The maximum Gasteiger partial charge on any atom is 0.256 e. The summed E-state index contributed by atoms with van der Waals surface area (Å²) < 4.78 is 23.1. The van der Waals surface area contributed by atoms with Gasteiger partial charge in [-0.2, -0.15) is 0 Å². The zero-order valence-electron chi connectivity index (χ0n) is 10.2. The standard InChI is InChI=1S/C12H8Br3NO3S2/c13-12(14,15)21(18,19)9-4-1-3-8(7-9)11(17)16-10-5-2-6-20-10/h1-7H,(H,16,17). The number of alkyl halides is 3. The summed E-state index contributed by atoms with van der Waals surface area (Å²) in [7, 11) is -3.72. The van der Waals surface area contributed by atoms with E-state index in [0.717, 1.165) is 0 Å². The number of carbonyl (C=O) groups excluding carboxylic acids is 1. The quantitative estimate of drug-likeness (QED) is 0.607. The average molecular weight is 518 g/mol. The van der Waals surface area contributed by atoms with E-state index in [1.165, 1.54) is 29.5 Å². The Morgan fingerprint density at radius 1 is 1.14 bits per heavy atom. The molecule has 9 heteroatoms. The lowest BCUT2D eigenvalue weighted by Crippen LogP contribution is -2.19.